The molecule has 0 aromatic heterocycles. The van der Waals surface area contributed by atoms with Gasteiger partial charge in [0.1, 0.15) is 0 Å². The highest BCUT2D eigenvalue weighted by atomic mass is 32.2. The van der Waals surface area contributed by atoms with E-state index in [4.69, 9.17) is 5.11 Å². The Balaban J connectivity index is 2.42. The molecule has 0 aliphatic carbocycles. The lowest BCUT2D eigenvalue weighted by Crippen LogP contribution is -2.44. The zero-order valence-electron chi connectivity index (χ0n) is 9.57. The molecule has 5 heteroatoms. The van der Waals surface area contributed by atoms with Crippen LogP contribution in [0.4, 0.5) is 0 Å². The maximum absolute atomic E-state index is 11.2. The van der Waals surface area contributed by atoms with Gasteiger partial charge in [0, 0.05) is 26.2 Å². The number of hydrogen-bond acceptors (Lipinski definition) is 4. The number of hydrogen-bond donors (Lipinski definition) is 1. The maximum atomic E-state index is 11.2. The first-order valence-corrected chi connectivity index (χ1v) is 7.20. The third kappa shape index (κ3) is 4.49. The number of sulfone groups is 1. The van der Waals surface area contributed by atoms with Crippen LogP contribution in [0.3, 0.4) is 0 Å². The van der Waals surface area contributed by atoms with Crippen LogP contribution < -0.4 is 0 Å². The summed E-state index contributed by atoms with van der Waals surface area (Å²) in [5, 5.41) is 8.90. The normalized spacial score (nSPS) is 22.9. The summed E-state index contributed by atoms with van der Waals surface area (Å²) in [7, 11) is -2.77. The van der Waals surface area contributed by atoms with E-state index >= 15 is 0 Å². The van der Waals surface area contributed by atoms with Crippen molar-refractivity contribution < 1.29 is 13.5 Å². The molecular weight excluding hydrogens is 214 g/mol. The average molecular weight is 235 g/mol. The molecule has 0 bridgehead atoms. The van der Waals surface area contributed by atoms with Gasteiger partial charge in [-0.05, 0) is 11.8 Å². The van der Waals surface area contributed by atoms with Gasteiger partial charge >= 0.3 is 0 Å². The van der Waals surface area contributed by atoms with E-state index < -0.39 is 9.84 Å². The van der Waals surface area contributed by atoms with Crippen LogP contribution in [0, 0.1) is 5.41 Å². The van der Waals surface area contributed by atoms with E-state index in [1.165, 1.54) is 0 Å². The topological polar surface area (TPSA) is 57.6 Å². The highest BCUT2D eigenvalue weighted by molar-refractivity contribution is 7.91. The Morgan fingerprint density at radius 1 is 1.27 bits per heavy atom. The van der Waals surface area contributed by atoms with E-state index in [2.05, 4.69) is 18.7 Å². The highest BCUT2D eigenvalue weighted by Gasteiger charge is 2.26. The van der Waals surface area contributed by atoms with Crippen molar-refractivity contribution >= 4 is 9.84 Å². The quantitative estimate of drug-likeness (QED) is 0.752. The lowest BCUT2D eigenvalue weighted by atomic mass is 9.89. The van der Waals surface area contributed by atoms with Crippen LogP contribution in [-0.2, 0) is 9.84 Å². The summed E-state index contributed by atoms with van der Waals surface area (Å²) in [6, 6.07) is 0. The molecular formula is C10H21NO3S. The predicted molar refractivity (Wildman–Crippen MR) is 60.6 cm³/mol. The molecule has 0 aromatic rings. The van der Waals surface area contributed by atoms with Crippen LogP contribution in [0.2, 0.25) is 0 Å². The van der Waals surface area contributed by atoms with Crippen LogP contribution in [0.25, 0.3) is 0 Å². The van der Waals surface area contributed by atoms with Crippen LogP contribution in [0.1, 0.15) is 20.3 Å². The number of rotatable bonds is 4. The Kier molecular flexibility index (Phi) is 4.14. The van der Waals surface area contributed by atoms with Gasteiger partial charge in [-0.2, -0.15) is 0 Å². The van der Waals surface area contributed by atoms with Gasteiger partial charge in [0.25, 0.3) is 0 Å². The van der Waals surface area contributed by atoms with E-state index in [9.17, 15) is 8.42 Å². The summed E-state index contributed by atoms with van der Waals surface area (Å²) in [6.07, 6.45) is 0.760. The first kappa shape index (κ1) is 12.9. The fraction of sp³-hybridized carbons (Fsp3) is 1.00. The maximum Gasteiger partial charge on any atom is 0.152 e. The second-order valence-electron chi connectivity index (χ2n) is 5.07. The Labute approximate surface area is 92.2 Å². The minimum atomic E-state index is -2.77. The fourth-order valence-corrected chi connectivity index (χ4v) is 3.17. The zero-order valence-corrected chi connectivity index (χ0v) is 10.4. The van der Waals surface area contributed by atoms with E-state index in [1.807, 2.05) is 0 Å². The van der Waals surface area contributed by atoms with Gasteiger partial charge in [-0.15, -0.1) is 0 Å². The summed E-state index contributed by atoms with van der Waals surface area (Å²) in [5.74, 6) is 0.560. The van der Waals surface area contributed by atoms with Crippen molar-refractivity contribution in [2.24, 2.45) is 5.41 Å². The third-order valence-electron chi connectivity index (χ3n) is 2.88. The predicted octanol–water partition coefficient (Wildman–Crippen LogP) is 0.125. The molecule has 15 heavy (non-hydrogen) atoms. The van der Waals surface area contributed by atoms with E-state index in [0.717, 1.165) is 13.0 Å². The second-order valence-corrected chi connectivity index (χ2v) is 7.37. The Bertz CT molecular complexity index is 284. The fourth-order valence-electron chi connectivity index (χ4n) is 1.90. The number of nitrogens with zero attached hydrogens (tertiary/aromatic N) is 1. The molecule has 0 atom stereocenters. The van der Waals surface area contributed by atoms with Crippen molar-refractivity contribution in [3.8, 4) is 0 Å². The Morgan fingerprint density at radius 3 is 2.27 bits per heavy atom. The van der Waals surface area contributed by atoms with Gasteiger partial charge < -0.3 is 10.0 Å². The smallest absolute Gasteiger partial charge is 0.152 e. The first-order chi connectivity index (χ1) is 6.85. The van der Waals surface area contributed by atoms with E-state index in [1.54, 1.807) is 0 Å². The Hall–Kier alpha value is -0.130. The molecule has 1 N–H and O–H groups in total. The molecule has 0 spiro atoms. The molecule has 0 aromatic carbocycles. The molecule has 1 aliphatic rings. The van der Waals surface area contributed by atoms with E-state index in [0.29, 0.717) is 13.1 Å². The summed E-state index contributed by atoms with van der Waals surface area (Å²) >= 11 is 0. The van der Waals surface area contributed by atoms with Crippen molar-refractivity contribution in [3.63, 3.8) is 0 Å². The summed E-state index contributed by atoms with van der Waals surface area (Å²) < 4.78 is 22.4. The first-order valence-electron chi connectivity index (χ1n) is 5.38. The average Bonchev–Trinajstić information content (AvgIpc) is 2.08. The van der Waals surface area contributed by atoms with Gasteiger partial charge in [-0.25, -0.2) is 8.42 Å². The molecule has 90 valence electrons. The second kappa shape index (κ2) is 4.80. The number of aliphatic hydroxyl groups excluding tert-OH is 1. The minimum Gasteiger partial charge on any atom is -0.396 e. The zero-order chi connectivity index (χ0) is 11.5. The highest BCUT2D eigenvalue weighted by Crippen LogP contribution is 2.22. The SMILES string of the molecule is CC(C)(CCO)CN1CCS(=O)(=O)CC1. The van der Waals surface area contributed by atoms with Crippen molar-refractivity contribution in [2.75, 3.05) is 37.7 Å². The standard InChI is InChI=1S/C10H21NO3S/c1-10(2,3-6-12)9-11-4-7-15(13,14)8-5-11/h12H,3-9H2,1-2H3. The van der Waals surface area contributed by atoms with Crippen molar-refractivity contribution in [3.05, 3.63) is 0 Å². The van der Waals surface area contributed by atoms with Crippen molar-refractivity contribution in [1.29, 1.82) is 0 Å². The monoisotopic (exact) mass is 235 g/mol. The summed E-state index contributed by atoms with van der Waals surface area (Å²) in [4.78, 5) is 2.18. The van der Waals surface area contributed by atoms with E-state index in [-0.39, 0.29) is 23.5 Å². The lowest BCUT2D eigenvalue weighted by molar-refractivity contribution is 0.146. The van der Waals surface area contributed by atoms with Gasteiger partial charge in [-0.1, -0.05) is 13.8 Å². The van der Waals surface area contributed by atoms with Crippen LogP contribution >= 0.6 is 0 Å². The summed E-state index contributed by atoms with van der Waals surface area (Å²) in [5.41, 5.74) is 0.0653. The van der Waals surface area contributed by atoms with Crippen LogP contribution in [0.5, 0.6) is 0 Å². The largest absolute Gasteiger partial charge is 0.396 e. The number of aliphatic hydroxyl groups is 1. The molecule has 1 aliphatic heterocycles. The van der Waals surface area contributed by atoms with Crippen molar-refractivity contribution in [2.45, 2.75) is 20.3 Å². The van der Waals surface area contributed by atoms with Gasteiger partial charge in [0.15, 0.2) is 9.84 Å². The van der Waals surface area contributed by atoms with Crippen molar-refractivity contribution in [1.82, 2.24) is 4.90 Å². The third-order valence-corrected chi connectivity index (χ3v) is 4.49. The van der Waals surface area contributed by atoms with Crippen LogP contribution in [0.15, 0.2) is 0 Å². The lowest BCUT2D eigenvalue weighted by Gasteiger charge is -2.34. The van der Waals surface area contributed by atoms with Gasteiger partial charge in [-0.3, -0.25) is 0 Å². The van der Waals surface area contributed by atoms with Gasteiger partial charge in [0.05, 0.1) is 11.5 Å². The molecule has 0 saturated carbocycles. The Morgan fingerprint density at radius 2 is 1.80 bits per heavy atom. The van der Waals surface area contributed by atoms with Gasteiger partial charge in [0.2, 0.25) is 0 Å². The van der Waals surface area contributed by atoms with Crippen LogP contribution in [-0.4, -0.2) is 56.2 Å². The molecule has 4 nitrogen and oxygen atoms in total. The minimum absolute atomic E-state index is 0.0653. The molecule has 1 heterocycles. The molecule has 0 amide bonds. The molecule has 0 radical (unpaired) electrons. The molecule has 0 unspecified atom stereocenters. The molecule has 1 fully saturated rings. The summed E-state index contributed by atoms with van der Waals surface area (Å²) in [6.45, 7) is 6.54. The molecule has 1 saturated heterocycles. The molecule has 1 rings (SSSR count).